The molecule has 2 aromatic carbocycles. The third-order valence-electron chi connectivity index (χ3n) is 4.31. The molecule has 0 aromatic heterocycles. The van der Waals surface area contributed by atoms with Crippen LogP contribution in [0.3, 0.4) is 0 Å². The predicted octanol–water partition coefficient (Wildman–Crippen LogP) is 4.08. The number of carbonyl (C=O) groups is 2. The second-order valence-corrected chi connectivity index (χ2v) is 6.95. The second-order valence-electron chi connectivity index (χ2n) is 6.51. The molecule has 2 aromatic rings. The fourth-order valence-corrected chi connectivity index (χ4v) is 2.84. The number of benzene rings is 2. The normalized spacial score (nSPS) is 17.0. The van der Waals surface area contributed by atoms with Crippen molar-refractivity contribution in [2.45, 2.75) is 32.0 Å². The molecular weight excluding hydrogens is 382 g/mol. The standard InChI is InChI=1S/C21H22ClNO5/c1-14(20(24)23-17-8-6-16(22)7-9-17)28-21(25)15-4-10-18(11-5-15)27-13-19-3-2-12-26-19/h4-11,14,19H,2-3,12-13H2,1H3,(H,23,24)/t14-,19-/m1/s1. The summed E-state index contributed by atoms with van der Waals surface area (Å²) in [7, 11) is 0. The zero-order valence-electron chi connectivity index (χ0n) is 15.5. The summed E-state index contributed by atoms with van der Waals surface area (Å²) in [4.78, 5) is 24.4. The summed E-state index contributed by atoms with van der Waals surface area (Å²) in [5.74, 6) is -0.350. The van der Waals surface area contributed by atoms with Gasteiger partial charge in [0.25, 0.3) is 5.91 Å². The summed E-state index contributed by atoms with van der Waals surface area (Å²) >= 11 is 5.81. The van der Waals surface area contributed by atoms with Gasteiger partial charge in [-0.1, -0.05) is 11.6 Å². The van der Waals surface area contributed by atoms with E-state index in [0.29, 0.717) is 28.6 Å². The number of hydrogen-bond acceptors (Lipinski definition) is 5. The molecule has 28 heavy (non-hydrogen) atoms. The lowest BCUT2D eigenvalue weighted by atomic mass is 10.2. The van der Waals surface area contributed by atoms with Crippen molar-refractivity contribution in [3.8, 4) is 5.75 Å². The summed E-state index contributed by atoms with van der Waals surface area (Å²) in [6.07, 6.45) is 1.24. The molecule has 148 valence electrons. The Balaban J connectivity index is 1.48. The number of esters is 1. The van der Waals surface area contributed by atoms with Crippen LogP contribution in [0.1, 0.15) is 30.1 Å². The minimum absolute atomic E-state index is 0.129. The molecule has 1 saturated heterocycles. The van der Waals surface area contributed by atoms with Crippen molar-refractivity contribution < 1.29 is 23.8 Å². The van der Waals surface area contributed by atoms with Crippen LogP contribution in [0.4, 0.5) is 5.69 Å². The molecule has 3 rings (SSSR count). The monoisotopic (exact) mass is 403 g/mol. The number of halogens is 1. The average molecular weight is 404 g/mol. The van der Waals surface area contributed by atoms with Gasteiger partial charge in [0.05, 0.1) is 11.7 Å². The molecule has 0 aliphatic carbocycles. The molecule has 1 aliphatic rings. The molecule has 0 saturated carbocycles. The fraction of sp³-hybridized carbons (Fsp3) is 0.333. The Hall–Kier alpha value is -2.57. The molecule has 6 nitrogen and oxygen atoms in total. The Kier molecular flexibility index (Phi) is 6.90. The van der Waals surface area contributed by atoms with Gasteiger partial charge in [0.2, 0.25) is 0 Å². The first kappa shape index (κ1) is 20.2. The van der Waals surface area contributed by atoms with Gasteiger partial charge < -0.3 is 19.5 Å². The zero-order chi connectivity index (χ0) is 19.9. The number of ether oxygens (including phenoxy) is 3. The van der Waals surface area contributed by atoms with E-state index in [2.05, 4.69) is 5.32 Å². The van der Waals surface area contributed by atoms with Gasteiger partial charge in [-0.3, -0.25) is 4.79 Å². The molecule has 0 bridgehead atoms. The van der Waals surface area contributed by atoms with Crippen LogP contribution in [0.25, 0.3) is 0 Å². The lowest BCUT2D eigenvalue weighted by Gasteiger charge is -2.14. The van der Waals surface area contributed by atoms with E-state index in [-0.39, 0.29) is 6.10 Å². The lowest BCUT2D eigenvalue weighted by Crippen LogP contribution is -2.30. The van der Waals surface area contributed by atoms with Gasteiger partial charge in [0, 0.05) is 17.3 Å². The van der Waals surface area contributed by atoms with Crippen molar-refractivity contribution in [1.82, 2.24) is 0 Å². The number of amides is 1. The SMILES string of the molecule is C[C@@H](OC(=O)c1ccc(OC[C@H]2CCCO2)cc1)C(=O)Nc1ccc(Cl)cc1. The summed E-state index contributed by atoms with van der Waals surface area (Å²) < 4.78 is 16.4. The van der Waals surface area contributed by atoms with Gasteiger partial charge in [0.1, 0.15) is 12.4 Å². The molecular formula is C21H22ClNO5. The highest BCUT2D eigenvalue weighted by Crippen LogP contribution is 2.18. The molecule has 1 N–H and O–H groups in total. The van der Waals surface area contributed by atoms with Crippen LogP contribution < -0.4 is 10.1 Å². The predicted molar refractivity (Wildman–Crippen MR) is 106 cm³/mol. The maximum atomic E-state index is 12.3. The van der Waals surface area contributed by atoms with Crippen LogP contribution in [0.2, 0.25) is 5.02 Å². The number of hydrogen-bond donors (Lipinski definition) is 1. The molecule has 2 atom stereocenters. The Morgan fingerprint density at radius 2 is 1.89 bits per heavy atom. The highest BCUT2D eigenvalue weighted by molar-refractivity contribution is 6.30. The van der Waals surface area contributed by atoms with Gasteiger partial charge in [-0.05, 0) is 68.3 Å². The van der Waals surface area contributed by atoms with E-state index in [0.717, 1.165) is 19.4 Å². The largest absolute Gasteiger partial charge is 0.491 e. The van der Waals surface area contributed by atoms with Crippen molar-refractivity contribution in [1.29, 1.82) is 0 Å². The molecule has 1 heterocycles. The highest BCUT2D eigenvalue weighted by Gasteiger charge is 2.19. The van der Waals surface area contributed by atoms with Crippen LogP contribution in [-0.2, 0) is 14.3 Å². The third-order valence-corrected chi connectivity index (χ3v) is 4.57. The second kappa shape index (κ2) is 9.57. The number of rotatable bonds is 7. The Bertz CT molecular complexity index is 801. The highest BCUT2D eigenvalue weighted by atomic mass is 35.5. The molecule has 1 aliphatic heterocycles. The molecule has 1 amide bonds. The first-order valence-electron chi connectivity index (χ1n) is 9.13. The van der Waals surface area contributed by atoms with Crippen molar-refractivity contribution in [2.24, 2.45) is 0 Å². The van der Waals surface area contributed by atoms with Gasteiger partial charge in [0.15, 0.2) is 6.10 Å². The van der Waals surface area contributed by atoms with Crippen molar-refractivity contribution in [3.63, 3.8) is 0 Å². The smallest absolute Gasteiger partial charge is 0.338 e. The van der Waals surface area contributed by atoms with E-state index in [1.165, 1.54) is 6.92 Å². The zero-order valence-corrected chi connectivity index (χ0v) is 16.3. The summed E-state index contributed by atoms with van der Waals surface area (Å²) in [6.45, 7) is 2.79. The topological polar surface area (TPSA) is 73.9 Å². The minimum atomic E-state index is -0.946. The van der Waals surface area contributed by atoms with Gasteiger partial charge in [-0.15, -0.1) is 0 Å². The van der Waals surface area contributed by atoms with Crippen LogP contribution in [0, 0.1) is 0 Å². The average Bonchev–Trinajstić information content (AvgIpc) is 3.22. The van der Waals surface area contributed by atoms with E-state index >= 15 is 0 Å². The Morgan fingerprint density at radius 1 is 1.18 bits per heavy atom. The number of anilines is 1. The molecule has 0 spiro atoms. The van der Waals surface area contributed by atoms with Crippen LogP contribution in [0.5, 0.6) is 5.75 Å². The van der Waals surface area contributed by atoms with E-state index in [4.69, 9.17) is 25.8 Å². The lowest BCUT2D eigenvalue weighted by molar-refractivity contribution is -0.123. The van der Waals surface area contributed by atoms with Crippen molar-refractivity contribution >= 4 is 29.2 Å². The van der Waals surface area contributed by atoms with Crippen molar-refractivity contribution in [2.75, 3.05) is 18.5 Å². The van der Waals surface area contributed by atoms with E-state index in [1.807, 2.05) is 0 Å². The van der Waals surface area contributed by atoms with Crippen LogP contribution >= 0.6 is 11.6 Å². The number of carbonyl (C=O) groups excluding carboxylic acids is 2. The minimum Gasteiger partial charge on any atom is -0.491 e. The maximum absolute atomic E-state index is 12.3. The first-order chi connectivity index (χ1) is 13.5. The van der Waals surface area contributed by atoms with Crippen LogP contribution in [0.15, 0.2) is 48.5 Å². The molecule has 0 radical (unpaired) electrons. The molecule has 7 heteroatoms. The first-order valence-corrected chi connectivity index (χ1v) is 9.51. The maximum Gasteiger partial charge on any atom is 0.338 e. The Labute approximate surface area is 168 Å². The van der Waals surface area contributed by atoms with Crippen LogP contribution in [-0.4, -0.2) is 37.3 Å². The van der Waals surface area contributed by atoms with Crippen molar-refractivity contribution in [3.05, 3.63) is 59.1 Å². The van der Waals surface area contributed by atoms with Gasteiger partial charge in [-0.2, -0.15) is 0 Å². The van der Waals surface area contributed by atoms with E-state index in [9.17, 15) is 9.59 Å². The fourth-order valence-electron chi connectivity index (χ4n) is 2.71. The molecule has 1 fully saturated rings. The van der Waals surface area contributed by atoms with E-state index < -0.39 is 18.0 Å². The summed E-state index contributed by atoms with van der Waals surface area (Å²) in [6, 6.07) is 13.3. The third kappa shape index (κ3) is 5.71. The Morgan fingerprint density at radius 3 is 2.54 bits per heavy atom. The number of nitrogens with one attached hydrogen (secondary N) is 1. The summed E-state index contributed by atoms with van der Waals surface area (Å²) in [5, 5.41) is 3.24. The summed E-state index contributed by atoms with van der Waals surface area (Å²) in [5.41, 5.74) is 0.917. The quantitative estimate of drug-likeness (QED) is 0.705. The van der Waals surface area contributed by atoms with E-state index in [1.54, 1.807) is 48.5 Å². The molecule has 0 unspecified atom stereocenters. The van der Waals surface area contributed by atoms with Gasteiger partial charge in [-0.25, -0.2) is 4.79 Å². The van der Waals surface area contributed by atoms with Gasteiger partial charge >= 0.3 is 5.97 Å².